The van der Waals surface area contributed by atoms with Gasteiger partial charge in [0.15, 0.2) is 0 Å². The second kappa shape index (κ2) is 10.4. The van der Waals surface area contributed by atoms with Crippen molar-refractivity contribution < 1.29 is 28.8 Å². The van der Waals surface area contributed by atoms with E-state index in [0.717, 1.165) is 11.1 Å². The molecule has 30 heavy (non-hydrogen) atoms. The molecule has 0 fully saturated rings. The van der Waals surface area contributed by atoms with E-state index in [1.54, 1.807) is 12.1 Å². The Bertz CT molecular complexity index is 997. The highest BCUT2D eigenvalue weighted by atomic mass is 16.6. The molecule has 0 aliphatic rings. The molecule has 0 aromatic heterocycles. The zero-order valence-corrected chi connectivity index (χ0v) is 16.1. The standard InChI is InChI=1S/C22H20BNO6/c24-30-23(27)19-13-7-12-18(21(25)28-14-16-8-3-1-4-9-16)20(19)22(26)29-15-17-10-5-2-6-11-17/h1-13,27H,14-15,24H2. The number of rotatable bonds is 8. The van der Waals surface area contributed by atoms with E-state index in [9.17, 15) is 14.6 Å². The van der Waals surface area contributed by atoms with E-state index < -0.39 is 19.1 Å². The van der Waals surface area contributed by atoms with Crippen LogP contribution < -0.4 is 11.4 Å². The summed E-state index contributed by atoms with van der Waals surface area (Å²) in [5, 5.41) is 10.1. The molecule has 0 atom stereocenters. The molecule has 0 aliphatic carbocycles. The minimum absolute atomic E-state index is 0.00437. The summed E-state index contributed by atoms with van der Waals surface area (Å²) in [5.41, 5.74) is 1.35. The molecule has 3 aromatic carbocycles. The Morgan fingerprint density at radius 2 is 1.30 bits per heavy atom. The molecule has 0 saturated carbocycles. The third-order valence-electron chi connectivity index (χ3n) is 4.34. The average molecular weight is 405 g/mol. The van der Waals surface area contributed by atoms with Crippen molar-refractivity contribution in [2.24, 2.45) is 5.90 Å². The van der Waals surface area contributed by atoms with Crippen molar-refractivity contribution in [1.82, 2.24) is 0 Å². The van der Waals surface area contributed by atoms with Gasteiger partial charge in [0.1, 0.15) is 13.2 Å². The Morgan fingerprint density at radius 3 is 1.83 bits per heavy atom. The van der Waals surface area contributed by atoms with Gasteiger partial charge < -0.3 is 19.3 Å². The number of benzene rings is 3. The zero-order valence-electron chi connectivity index (χ0n) is 16.1. The first-order valence-electron chi connectivity index (χ1n) is 9.18. The normalized spacial score (nSPS) is 10.3. The molecular weight excluding hydrogens is 385 g/mol. The number of hydrogen-bond acceptors (Lipinski definition) is 7. The number of esters is 2. The number of carbonyl (C=O) groups is 2. The molecule has 8 heteroatoms. The molecular formula is C22H20BNO6. The summed E-state index contributed by atoms with van der Waals surface area (Å²) >= 11 is 0. The van der Waals surface area contributed by atoms with Gasteiger partial charge in [0.25, 0.3) is 0 Å². The van der Waals surface area contributed by atoms with E-state index in [1.807, 2.05) is 48.5 Å². The maximum Gasteiger partial charge on any atom is 0.509 e. The molecule has 3 aromatic rings. The molecule has 0 amide bonds. The minimum atomic E-state index is -1.62. The second-order valence-corrected chi connectivity index (χ2v) is 6.38. The number of carbonyl (C=O) groups excluding carboxylic acids is 2. The Morgan fingerprint density at radius 1 is 0.767 bits per heavy atom. The Hall–Kier alpha value is -3.46. The van der Waals surface area contributed by atoms with Crippen LogP contribution in [0, 0.1) is 0 Å². The van der Waals surface area contributed by atoms with Crippen LogP contribution in [0.2, 0.25) is 0 Å². The summed E-state index contributed by atoms with van der Waals surface area (Å²) in [6.07, 6.45) is 0. The third kappa shape index (κ3) is 5.33. The summed E-state index contributed by atoms with van der Waals surface area (Å²) in [5.74, 6) is 3.53. The van der Waals surface area contributed by atoms with Crippen molar-refractivity contribution in [3.63, 3.8) is 0 Å². The Balaban J connectivity index is 1.84. The number of hydrogen-bond donors (Lipinski definition) is 2. The van der Waals surface area contributed by atoms with E-state index in [4.69, 9.17) is 15.4 Å². The van der Waals surface area contributed by atoms with Gasteiger partial charge in [-0.1, -0.05) is 72.8 Å². The fraction of sp³-hybridized carbons (Fsp3) is 0.0909. The van der Waals surface area contributed by atoms with Crippen LogP contribution in [0.15, 0.2) is 78.9 Å². The van der Waals surface area contributed by atoms with Crippen molar-refractivity contribution in [1.29, 1.82) is 0 Å². The van der Waals surface area contributed by atoms with E-state index >= 15 is 0 Å². The number of nitrogens with two attached hydrogens (primary N) is 1. The van der Waals surface area contributed by atoms with E-state index in [2.05, 4.69) is 4.76 Å². The lowest BCUT2D eigenvalue weighted by Gasteiger charge is -2.15. The Kier molecular flexibility index (Phi) is 7.34. The van der Waals surface area contributed by atoms with Crippen LogP contribution in [-0.2, 0) is 27.4 Å². The van der Waals surface area contributed by atoms with Crippen molar-refractivity contribution >= 4 is 24.5 Å². The average Bonchev–Trinajstić information content (AvgIpc) is 2.81. The molecule has 3 rings (SSSR count). The predicted octanol–water partition coefficient (Wildman–Crippen LogP) is 1.98. The monoisotopic (exact) mass is 405 g/mol. The molecule has 0 unspecified atom stereocenters. The molecule has 0 bridgehead atoms. The van der Waals surface area contributed by atoms with Gasteiger partial charge in [-0.2, -0.15) is 0 Å². The van der Waals surface area contributed by atoms with E-state index in [1.165, 1.54) is 18.2 Å². The highest BCUT2D eigenvalue weighted by Crippen LogP contribution is 2.14. The van der Waals surface area contributed by atoms with E-state index in [-0.39, 0.29) is 29.8 Å². The summed E-state index contributed by atoms with van der Waals surface area (Å²) in [4.78, 5) is 25.5. The minimum Gasteiger partial charge on any atom is -0.457 e. The van der Waals surface area contributed by atoms with Crippen LogP contribution in [0.3, 0.4) is 0 Å². The van der Waals surface area contributed by atoms with Crippen molar-refractivity contribution in [3.8, 4) is 0 Å². The fourth-order valence-electron chi connectivity index (χ4n) is 2.84. The maximum atomic E-state index is 12.8. The largest absolute Gasteiger partial charge is 0.509 e. The van der Waals surface area contributed by atoms with Crippen LogP contribution in [0.25, 0.3) is 0 Å². The van der Waals surface area contributed by atoms with Crippen LogP contribution in [0.4, 0.5) is 0 Å². The van der Waals surface area contributed by atoms with Crippen LogP contribution in [0.1, 0.15) is 31.8 Å². The first kappa shape index (κ1) is 21.3. The smallest absolute Gasteiger partial charge is 0.457 e. The van der Waals surface area contributed by atoms with Crippen molar-refractivity contribution in [2.45, 2.75) is 13.2 Å². The first-order chi connectivity index (χ1) is 14.6. The molecule has 0 spiro atoms. The summed E-state index contributed by atoms with van der Waals surface area (Å²) in [6.45, 7) is 0.0183. The van der Waals surface area contributed by atoms with Crippen LogP contribution >= 0.6 is 0 Å². The fourth-order valence-corrected chi connectivity index (χ4v) is 2.84. The summed E-state index contributed by atoms with van der Waals surface area (Å²) in [6, 6.07) is 22.5. The SMILES string of the molecule is NOB(O)c1cccc(C(=O)OCc2ccccc2)c1C(=O)OCc1ccccc1. The molecule has 0 heterocycles. The summed E-state index contributed by atoms with van der Waals surface area (Å²) in [7, 11) is -1.62. The lowest BCUT2D eigenvalue weighted by atomic mass is 9.75. The van der Waals surface area contributed by atoms with Gasteiger partial charge in [-0.3, -0.25) is 0 Å². The van der Waals surface area contributed by atoms with E-state index in [0.29, 0.717) is 0 Å². The maximum absolute atomic E-state index is 12.8. The Labute approximate surface area is 174 Å². The van der Waals surface area contributed by atoms with Crippen molar-refractivity contribution in [3.05, 3.63) is 101 Å². The lowest BCUT2D eigenvalue weighted by molar-refractivity contribution is 0.0426. The zero-order chi connectivity index (χ0) is 21.3. The molecule has 7 nitrogen and oxygen atoms in total. The molecule has 3 N–H and O–H groups in total. The van der Waals surface area contributed by atoms with Gasteiger partial charge in [0, 0.05) is 0 Å². The van der Waals surface area contributed by atoms with Gasteiger partial charge in [-0.05, 0) is 22.7 Å². The quantitative estimate of drug-likeness (QED) is 0.335. The van der Waals surface area contributed by atoms with Gasteiger partial charge in [0.05, 0.1) is 11.1 Å². The van der Waals surface area contributed by atoms with Crippen LogP contribution in [-0.4, -0.2) is 24.1 Å². The predicted molar refractivity (Wildman–Crippen MR) is 110 cm³/mol. The lowest BCUT2D eigenvalue weighted by Crippen LogP contribution is -2.41. The third-order valence-corrected chi connectivity index (χ3v) is 4.34. The van der Waals surface area contributed by atoms with Gasteiger partial charge in [-0.15, -0.1) is 0 Å². The second-order valence-electron chi connectivity index (χ2n) is 6.38. The number of ether oxygens (including phenoxy) is 2. The molecule has 0 saturated heterocycles. The molecule has 0 radical (unpaired) electrons. The van der Waals surface area contributed by atoms with Crippen LogP contribution in [0.5, 0.6) is 0 Å². The topological polar surface area (TPSA) is 108 Å². The molecule has 152 valence electrons. The van der Waals surface area contributed by atoms with Crippen molar-refractivity contribution in [2.75, 3.05) is 0 Å². The highest BCUT2D eigenvalue weighted by molar-refractivity contribution is 6.61. The van der Waals surface area contributed by atoms with Gasteiger partial charge in [0.2, 0.25) is 0 Å². The molecule has 0 aliphatic heterocycles. The first-order valence-corrected chi connectivity index (χ1v) is 9.18. The highest BCUT2D eigenvalue weighted by Gasteiger charge is 2.29. The summed E-state index contributed by atoms with van der Waals surface area (Å²) < 4.78 is 15.1. The van der Waals surface area contributed by atoms with Gasteiger partial charge in [-0.25, -0.2) is 15.5 Å². The van der Waals surface area contributed by atoms with Gasteiger partial charge >= 0.3 is 19.1 Å².